The molecule has 0 amide bonds. The predicted molar refractivity (Wildman–Crippen MR) is 62.0 cm³/mol. The lowest BCUT2D eigenvalue weighted by Gasteiger charge is -2.09. The highest BCUT2D eigenvalue weighted by atomic mass is 79.9. The molecule has 0 aliphatic heterocycles. The van der Waals surface area contributed by atoms with Gasteiger partial charge in [-0.2, -0.15) is 0 Å². The van der Waals surface area contributed by atoms with E-state index in [1.54, 1.807) is 0 Å². The fourth-order valence-electron chi connectivity index (χ4n) is 1.15. The van der Waals surface area contributed by atoms with Crippen molar-refractivity contribution in [1.82, 2.24) is 0 Å². The minimum atomic E-state index is -0.582. The van der Waals surface area contributed by atoms with Crippen LogP contribution >= 0.6 is 15.9 Å². The van der Waals surface area contributed by atoms with Crippen LogP contribution in [0.1, 0.15) is 20.3 Å². The fourth-order valence-corrected chi connectivity index (χ4v) is 1.50. The molecule has 1 N–H and O–H groups in total. The first kappa shape index (κ1) is 12.4. The Balaban J connectivity index is 2.65. The fraction of sp³-hybridized carbons (Fsp3) is 0.455. The molecule has 0 atom stereocenters. The molecule has 0 heterocycles. The third-order valence-electron chi connectivity index (χ3n) is 2.05. The molecular weight excluding hydrogens is 264 g/mol. The summed E-state index contributed by atoms with van der Waals surface area (Å²) in [7, 11) is 0. The van der Waals surface area contributed by atoms with Gasteiger partial charge in [-0.05, 0) is 34.3 Å². The molecule has 0 saturated heterocycles. The first-order valence-corrected chi connectivity index (χ1v) is 5.68. The van der Waals surface area contributed by atoms with E-state index >= 15 is 0 Å². The zero-order chi connectivity index (χ0) is 11.4. The Morgan fingerprint density at radius 3 is 2.53 bits per heavy atom. The van der Waals surface area contributed by atoms with Crippen LogP contribution in [0.25, 0.3) is 0 Å². The Labute approximate surface area is 97.0 Å². The molecule has 0 radical (unpaired) electrons. The molecule has 1 nitrogen and oxygen atoms in total. The highest BCUT2D eigenvalue weighted by Crippen LogP contribution is 2.23. The summed E-state index contributed by atoms with van der Waals surface area (Å²) in [6.07, 6.45) is 0.953. The Morgan fingerprint density at radius 2 is 1.93 bits per heavy atom. The Morgan fingerprint density at radius 1 is 1.27 bits per heavy atom. The zero-order valence-electron chi connectivity index (χ0n) is 8.78. The average molecular weight is 278 g/mol. The molecule has 1 rings (SSSR count). The van der Waals surface area contributed by atoms with Crippen LogP contribution < -0.4 is 5.32 Å². The van der Waals surface area contributed by atoms with Crippen molar-refractivity contribution in [2.45, 2.75) is 20.3 Å². The second kappa shape index (κ2) is 5.45. The predicted octanol–water partition coefficient (Wildman–Crippen LogP) is 4.19. The van der Waals surface area contributed by atoms with Gasteiger partial charge in [0.05, 0.1) is 10.2 Å². The van der Waals surface area contributed by atoms with Gasteiger partial charge in [0.25, 0.3) is 0 Å². The van der Waals surface area contributed by atoms with Crippen molar-refractivity contribution in [2.75, 3.05) is 11.9 Å². The van der Waals surface area contributed by atoms with Gasteiger partial charge in [0, 0.05) is 12.6 Å². The number of hydrogen-bond donors (Lipinski definition) is 1. The molecule has 1 aromatic rings. The summed E-state index contributed by atoms with van der Waals surface area (Å²) in [6.45, 7) is 4.88. The lowest BCUT2D eigenvalue weighted by molar-refractivity contribution is 0.576. The van der Waals surface area contributed by atoms with Gasteiger partial charge in [-0.25, -0.2) is 8.78 Å². The largest absolute Gasteiger partial charge is 0.383 e. The van der Waals surface area contributed by atoms with E-state index in [-0.39, 0.29) is 4.47 Å². The molecule has 4 heteroatoms. The summed E-state index contributed by atoms with van der Waals surface area (Å²) in [5.74, 6) is -0.578. The average Bonchev–Trinajstić information content (AvgIpc) is 2.13. The van der Waals surface area contributed by atoms with Gasteiger partial charge < -0.3 is 5.32 Å². The molecule has 1 aromatic carbocycles. The van der Waals surface area contributed by atoms with E-state index in [9.17, 15) is 8.78 Å². The van der Waals surface area contributed by atoms with E-state index in [2.05, 4.69) is 35.1 Å². The van der Waals surface area contributed by atoms with Gasteiger partial charge in [0.15, 0.2) is 0 Å². The quantitative estimate of drug-likeness (QED) is 0.814. The second-order valence-corrected chi connectivity index (χ2v) is 4.71. The van der Waals surface area contributed by atoms with Crippen LogP contribution in [-0.2, 0) is 0 Å². The molecule has 0 saturated carbocycles. The summed E-state index contributed by atoms with van der Waals surface area (Å²) < 4.78 is 26.4. The third-order valence-corrected chi connectivity index (χ3v) is 2.65. The molecule has 0 aromatic heterocycles. The Kier molecular flexibility index (Phi) is 4.51. The first-order valence-electron chi connectivity index (χ1n) is 4.89. The van der Waals surface area contributed by atoms with Crippen molar-refractivity contribution >= 4 is 21.6 Å². The molecule has 0 bridgehead atoms. The Hall–Kier alpha value is -0.640. The van der Waals surface area contributed by atoms with Gasteiger partial charge in [-0.3, -0.25) is 0 Å². The summed E-state index contributed by atoms with van der Waals surface area (Å²) in [5, 5.41) is 2.94. The van der Waals surface area contributed by atoms with E-state index in [1.165, 1.54) is 6.07 Å². The van der Waals surface area contributed by atoms with Gasteiger partial charge in [-0.15, -0.1) is 0 Å². The van der Waals surface area contributed by atoms with E-state index in [4.69, 9.17) is 0 Å². The van der Waals surface area contributed by atoms with Crippen LogP contribution in [0.5, 0.6) is 0 Å². The van der Waals surface area contributed by atoms with Crippen LogP contribution in [0.3, 0.4) is 0 Å². The van der Waals surface area contributed by atoms with Gasteiger partial charge in [0.2, 0.25) is 0 Å². The van der Waals surface area contributed by atoms with Gasteiger partial charge in [0.1, 0.15) is 11.6 Å². The van der Waals surface area contributed by atoms with E-state index in [1.807, 2.05) is 0 Å². The summed E-state index contributed by atoms with van der Waals surface area (Å²) in [6, 6.07) is 2.30. The maximum absolute atomic E-state index is 13.2. The van der Waals surface area contributed by atoms with Crippen LogP contribution in [0.2, 0.25) is 0 Å². The number of benzene rings is 1. The first-order chi connectivity index (χ1) is 7.00. The van der Waals surface area contributed by atoms with Crippen molar-refractivity contribution in [3.05, 3.63) is 28.2 Å². The van der Waals surface area contributed by atoms with Crippen LogP contribution in [0.15, 0.2) is 16.6 Å². The van der Waals surface area contributed by atoms with Gasteiger partial charge in [-0.1, -0.05) is 13.8 Å². The molecule has 0 unspecified atom stereocenters. The van der Waals surface area contributed by atoms with Crippen LogP contribution in [-0.4, -0.2) is 6.54 Å². The molecule has 0 aliphatic carbocycles. The van der Waals surface area contributed by atoms with Crippen LogP contribution in [0, 0.1) is 17.6 Å². The molecule has 0 spiro atoms. The maximum atomic E-state index is 13.2. The van der Waals surface area contributed by atoms with Crippen molar-refractivity contribution in [3.8, 4) is 0 Å². The highest BCUT2D eigenvalue weighted by Gasteiger charge is 2.07. The van der Waals surface area contributed by atoms with Crippen molar-refractivity contribution in [2.24, 2.45) is 5.92 Å². The molecular formula is C11H14BrF2N. The van der Waals surface area contributed by atoms with Crippen molar-refractivity contribution < 1.29 is 8.78 Å². The lowest BCUT2D eigenvalue weighted by atomic mass is 10.1. The monoisotopic (exact) mass is 277 g/mol. The SMILES string of the molecule is CC(C)CCNc1cc(Br)c(F)cc1F. The molecule has 15 heavy (non-hydrogen) atoms. The number of halogens is 3. The molecule has 84 valence electrons. The lowest BCUT2D eigenvalue weighted by Crippen LogP contribution is -2.06. The summed E-state index contributed by atoms with van der Waals surface area (Å²) in [4.78, 5) is 0. The minimum Gasteiger partial charge on any atom is -0.383 e. The smallest absolute Gasteiger partial charge is 0.149 e. The second-order valence-electron chi connectivity index (χ2n) is 3.86. The van der Waals surface area contributed by atoms with Crippen molar-refractivity contribution in [1.29, 1.82) is 0 Å². The highest BCUT2D eigenvalue weighted by molar-refractivity contribution is 9.10. The van der Waals surface area contributed by atoms with Crippen molar-refractivity contribution in [3.63, 3.8) is 0 Å². The minimum absolute atomic E-state index is 0.274. The Bertz CT molecular complexity index is 340. The van der Waals surface area contributed by atoms with E-state index < -0.39 is 11.6 Å². The van der Waals surface area contributed by atoms with E-state index in [0.717, 1.165) is 12.5 Å². The third kappa shape index (κ3) is 3.78. The number of hydrogen-bond acceptors (Lipinski definition) is 1. The number of rotatable bonds is 4. The number of anilines is 1. The molecule has 0 aliphatic rings. The number of nitrogens with one attached hydrogen (secondary N) is 1. The maximum Gasteiger partial charge on any atom is 0.149 e. The summed E-state index contributed by atoms with van der Waals surface area (Å²) in [5.41, 5.74) is 0.337. The standard InChI is InChI=1S/C11H14BrF2N/c1-7(2)3-4-15-11-5-8(12)9(13)6-10(11)14/h5-7,15H,3-4H2,1-2H3. The van der Waals surface area contributed by atoms with Gasteiger partial charge >= 0.3 is 0 Å². The molecule has 0 fully saturated rings. The van der Waals surface area contributed by atoms with E-state index in [0.29, 0.717) is 18.2 Å². The normalized spacial score (nSPS) is 10.8. The zero-order valence-corrected chi connectivity index (χ0v) is 10.4. The summed E-state index contributed by atoms with van der Waals surface area (Å²) >= 11 is 3.02. The topological polar surface area (TPSA) is 12.0 Å². The van der Waals surface area contributed by atoms with Crippen LogP contribution in [0.4, 0.5) is 14.5 Å².